The van der Waals surface area contributed by atoms with Gasteiger partial charge in [0.1, 0.15) is 5.76 Å². The van der Waals surface area contributed by atoms with Gasteiger partial charge in [0.15, 0.2) is 0 Å². The fraction of sp³-hybridized carbons (Fsp3) is 0.100. The van der Waals surface area contributed by atoms with Crippen molar-refractivity contribution in [1.82, 2.24) is 0 Å². The molecule has 1 aromatic carbocycles. The molecule has 16 heavy (non-hydrogen) atoms. The van der Waals surface area contributed by atoms with Crippen LogP contribution in [0.15, 0.2) is 29.7 Å². The van der Waals surface area contributed by atoms with Crippen molar-refractivity contribution in [2.24, 2.45) is 0 Å². The van der Waals surface area contributed by atoms with E-state index in [1.165, 1.54) is 6.07 Å². The maximum Gasteiger partial charge on any atom is 0.267 e. The summed E-state index contributed by atoms with van der Waals surface area (Å²) in [5.74, 6) is -0.968. The Morgan fingerprint density at radius 1 is 1.31 bits per heavy atom. The summed E-state index contributed by atoms with van der Waals surface area (Å²) in [7, 11) is -3.91. The van der Waals surface area contributed by atoms with Gasteiger partial charge >= 0.3 is 0 Å². The van der Waals surface area contributed by atoms with E-state index in [1.54, 1.807) is 18.2 Å². The number of hydrogen-bond acceptors (Lipinski definition) is 4. The van der Waals surface area contributed by atoms with Gasteiger partial charge in [-0.05, 0) is 12.1 Å². The average Bonchev–Trinajstić information content (AvgIpc) is 2.15. The van der Waals surface area contributed by atoms with E-state index in [9.17, 15) is 18.3 Å². The van der Waals surface area contributed by atoms with Crippen molar-refractivity contribution in [2.45, 2.75) is 6.92 Å². The van der Waals surface area contributed by atoms with Crippen LogP contribution in [-0.2, 0) is 14.8 Å². The fourth-order valence-electron chi connectivity index (χ4n) is 1.61. The van der Waals surface area contributed by atoms with E-state index in [2.05, 4.69) is 0 Å². The summed E-state index contributed by atoms with van der Waals surface area (Å²) in [4.78, 5) is 11.3. The molecule has 1 aliphatic heterocycles. The van der Waals surface area contributed by atoms with E-state index < -0.39 is 15.9 Å². The molecule has 0 spiro atoms. The molecule has 5 nitrogen and oxygen atoms in total. The molecule has 0 aromatic heterocycles. The van der Waals surface area contributed by atoms with E-state index in [1.807, 2.05) is 0 Å². The Morgan fingerprint density at radius 2 is 1.94 bits per heavy atom. The van der Waals surface area contributed by atoms with Gasteiger partial charge in [0.2, 0.25) is 5.91 Å². The highest BCUT2D eigenvalue weighted by Crippen LogP contribution is 2.33. The Bertz CT molecular complexity index is 589. The first-order valence-corrected chi connectivity index (χ1v) is 6.00. The summed E-state index contributed by atoms with van der Waals surface area (Å²) in [5, 5.41) is 10.2. The summed E-state index contributed by atoms with van der Waals surface area (Å²) in [6.07, 6.45) is 0. The van der Waals surface area contributed by atoms with Crippen molar-refractivity contribution < 1.29 is 18.3 Å². The van der Waals surface area contributed by atoms with Crippen LogP contribution in [0.3, 0.4) is 0 Å². The Morgan fingerprint density at radius 3 is 2.56 bits per heavy atom. The Balaban J connectivity index is 2.78. The predicted molar refractivity (Wildman–Crippen MR) is 59.1 cm³/mol. The highest BCUT2D eigenvalue weighted by molar-refractivity contribution is 7.96. The monoisotopic (exact) mass is 239 g/mol. The van der Waals surface area contributed by atoms with E-state index in [4.69, 9.17) is 0 Å². The maximum atomic E-state index is 11.7. The van der Waals surface area contributed by atoms with Gasteiger partial charge in [0.05, 0.1) is 11.1 Å². The van der Waals surface area contributed by atoms with Crippen LogP contribution in [0.2, 0.25) is 0 Å². The molecule has 0 saturated carbocycles. The smallest absolute Gasteiger partial charge is 0.267 e. The lowest BCUT2D eigenvalue weighted by Gasteiger charge is -2.25. The van der Waals surface area contributed by atoms with Gasteiger partial charge in [-0.2, -0.15) is 0 Å². The molecule has 0 atom stereocenters. The molecule has 6 heteroatoms. The third-order valence-corrected chi connectivity index (χ3v) is 3.68. The van der Waals surface area contributed by atoms with E-state index >= 15 is 0 Å². The molecule has 0 saturated heterocycles. The second-order valence-corrected chi connectivity index (χ2v) is 4.98. The summed E-state index contributed by atoms with van der Waals surface area (Å²) < 4.78 is 24.0. The Kier molecular flexibility index (Phi) is 2.23. The lowest BCUT2D eigenvalue weighted by Crippen LogP contribution is -2.36. The number of carbonyl (C=O) groups excluding carboxylic acids is 1. The highest BCUT2D eigenvalue weighted by Gasteiger charge is 2.32. The van der Waals surface area contributed by atoms with E-state index in [0.29, 0.717) is 15.3 Å². The molecule has 1 aliphatic rings. The molecule has 0 fully saturated rings. The van der Waals surface area contributed by atoms with Crippen LogP contribution in [0.4, 0.5) is 5.69 Å². The van der Waals surface area contributed by atoms with Crippen molar-refractivity contribution in [2.75, 3.05) is 4.31 Å². The Labute approximate surface area is 92.7 Å². The molecule has 0 unspecified atom stereocenters. The second-order valence-electron chi connectivity index (χ2n) is 3.35. The number of aliphatic hydroxyl groups excluding tert-OH is 1. The minimum Gasteiger partial charge on any atom is -0.506 e. The lowest BCUT2D eigenvalue weighted by molar-refractivity contribution is -0.115. The molecular formula is C10H9NO4S. The first kappa shape index (κ1) is 10.7. The number of anilines is 1. The molecule has 1 N–H and O–H groups in total. The van der Waals surface area contributed by atoms with Crippen molar-refractivity contribution >= 4 is 27.4 Å². The van der Waals surface area contributed by atoms with Crippen LogP contribution in [0.1, 0.15) is 12.5 Å². The molecule has 0 radical (unpaired) electrons. The van der Waals surface area contributed by atoms with Gasteiger partial charge in [0, 0.05) is 12.5 Å². The number of para-hydroxylation sites is 1. The number of hydrogen-bond donors (Lipinski definition) is 1. The molecular weight excluding hydrogens is 230 g/mol. The quantitative estimate of drug-likeness (QED) is 0.739. The Hall–Kier alpha value is -1.82. The van der Waals surface area contributed by atoms with E-state index in [-0.39, 0.29) is 11.4 Å². The summed E-state index contributed by atoms with van der Waals surface area (Å²) in [5.41, 5.74) is 0.502. The number of nitrogens with zero attached hydrogens (tertiary/aromatic N) is 1. The van der Waals surface area contributed by atoms with Crippen LogP contribution in [0.5, 0.6) is 0 Å². The molecule has 1 aromatic rings. The SMILES string of the molecule is CC(=O)N1c2ccccc2C(O)=CS1(=O)=O. The zero-order valence-corrected chi connectivity index (χ0v) is 9.23. The third kappa shape index (κ3) is 1.47. The zero-order chi connectivity index (χ0) is 11.9. The second kappa shape index (κ2) is 3.34. The number of carbonyl (C=O) groups is 1. The van der Waals surface area contributed by atoms with Gasteiger partial charge in [-0.15, -0.1) is 0 Å². The summed E-state index contributed by atoms with van der Waals surface area (Å²) in [6, 6.07) is 6.27. The first-order valence-electron chi connectivity index (χ1n) is 4.49. The van der Waals surface area contributed by atoms with Crippen LogP contribution >= 0.6 is 0 Å². The lowest BCUT2D eigenvalue weighted by atomic mass is 10.1. The van der Waals surface area contributed by atoms with Gasteiger partial charge in [-0.1, -0.05) is 12.1 Å². The molecule has 0 aliphatic carbocycles. The molecule has 1 heterocycles. The highest BCUT2D eigenvalue weighted by atomic mass is 32.2. The van der Waals surface area contributed by atoms with Crippen molar-refractivity contribution in [1.29, 1.82) is 0 Å². The number of sulfonamides is 1. The number of benzene rings is 1. The van der Waals surface area contributed by atoms with Crippen LogP contribution in [-0.4, -0.2) is 19.4 Å². The van der Waals surface area contributed by atoms with Crippen molar-refractivity contribution in [3.63, 3.8) is 0 Å². The number of aliphatic hydroxyl groups is 1. The van der Waals surface area contributed by atoms with Gasteiger partial charge in [-0.3, -0.25) is 4.79 Å². The number of fused-ring (bicyclic) bond motifs is 1. The van der Waals surface area contributed by atoms with Crippen LogP contribution in [0.25, 0.3) is 5.76 Å². The fourth-order valence-corrected chi connectivity index (χ4v) is 2.92. The molecule has 2 rings (SSSR count). The summed E-state index contributed by atoms with van der Waals surface area (Å²) >= 11 is 0. The van der Waals surface area contributed by atoms with Crippen molar-refractivity contribution in [3.05, 3.63) is 35.2 Å². The first-order chi connectivity index (χ1) is 7.43. The van der Waals surface area contributed by atoms with Gasteiger partial charge in [-0.25, -0.2) is 12.7 Å². The average molecular weight is 239 g/mol. The number of amides is 1. The topological polar surface area (TPSA) is 74.7 Å². The molecule has 1 amide bonds. The number of rotatable bonds is 0. The predicted octanol–water partition coefficient (Wildman–Crippen LogP) is 1.24. The normalized spacial score (nSPS) is 17.6. The molecule has 0 bridgehead atoms. The van der Waals surface area contributed by atoms with Crippen LogP contribution in [0, 0.1) is 0 Å². The van der Waals surface area contributed by atoms with E-state index in [0.717, 1.165) is 6.92 Å². The zero-order valence-electron chi connectivity index (χ0n) is 8.41. The minimum absolute atomic E-state index is 0.176. The maximum absolute atomic E-state index is 11.7. The van der Waals surface area contributed by atoms with Gasteiger partial charge < -0.3 is 5.11 Å². The third-order valence-electron chi connectivity index (χ3n) is 2.20. The minimum atomic E-state index is -3.91. The van der Waals surface area contributed by atoms with Gasteiger partial charge in [0.25, 0.3) is 10.0 Å². The molecule has 84 valence electrons. The summed E-state index contributed by atoms with van der Waals surface area (Å²) in [6.45, 7) is 1.16. The standard InChI is InChI=1S/C10H9NO4S/c1-7(12)11-9-5-3-2-4-8(9)10(13)6-16(11,14)15/h2-6,13H,1H3. The van der Waals surface area contributed by atoms with Crippen molar-refractivity contribution in [3.8, 4) is 0 Å². The largest absolute Gasteiger partial charge is 0.506 e. The van der Waals surface area contributed by atoms with Crippen LogP contribution < -0.4 is 4.31 Å².